The second-order valence-corrected chi connectivity index (χ2v) is 5.35. The molecule has 2 rings (SSSR count). The van der Waals surface area contributed by atoms with Crippen molar-refractivity contribution in [3.05, 3.63) is 0 Å². The molecule has 0 bridgehead atoms. The molecule has 0 aromatic heterocycles. The Labute approximate surface area is 108 Å². The number of nitrogens with one attached hydrogen (secondary N) is 1. The van der Waals surface area contributed by atoms with Crippen LogP contribution in [0.5, 0.6) is 0 Å². The van der Waals surface area contributed by atoms with Crippen LogP contribution in [-0.4, -0.2) is 61.9 Å². The Morgan fingerprint density at radius 1 is 1.33 bits per heavy atom. The minimum atomic E-state index is -0.654. The Kier molecular flexibility index (Phi) is 5.41. The summed E-state index contributed by atoms with van der Waals surface area (Å²) in [6.45, 7) is 6.72. The van der Waals surface area contributed by atoms with Crippen LogP contribution in [0.1, 0.15) is 19.3 Å². The molecule has 5 nitrogen and oxygen atoms in total. The largest absolute Gasteiger partial charge is 0.481 e. The monoisotopic (exact) mass is 256 g/mol. The van der Waals surface area contributed by atoms with E-state index in [0.717, 1.165) is 58.8 Å². The highest BCUT2D eigenvalue weighted by Crippen LogP contribution is 2.25. The first-order valence-electron chi connectivity index (χ1n) is 6.98. The number of morpholine rings is 1. The lowest BCUT2D eigenvalue weighted by atomic mass is 9.82. The van der Waals surface area contributed by atoms with Crippen LogP contribution in [0, 0.1) is 11.8 Å². The SMILES string of the molecule is O=C(O)C[C@@H]1CCNC[C@@H]1CCN1CCOCC1. The van der Waals surface area contributed by atoms with Gasteiger partial charge >= 0.3 is 5.97 Å². The van der Waals surface area contributed by atoms with Gasteiger partial charge in [0.2, 0.25) is 0 Å². The van der Waals surface area contributed by atoms with Crippen molar-refractivity contribution in [3.8, 4) is 0 Å². The molecule has 2 heterocycles. The lowest BCUT2D eigenvalue weighted by Gasteiger charge is -2.34. The van der Waals surface area contributed by atoms with E-state index >= 15 is 0 Å². The van der Waals surface area contributed by atoms with Crippen molar-refractivity contribution in [1.29, 1.82) is 0 Å². The predicted molar refractivity (Wildman–Crippen MR) is 68.6 cm³/mol. The van der Waals surface area contributed by atoms with Crippen LogP contribution >= 0.6 is 0 Å². The normalized spacial score (nSPS) is 30.2. The molecular weight excluding hydrogens is 232 g/mol. The summed E-state index contributed by atoms with van der Waals surface area (Å²) in [6, 6.07) is 0. The van der Waals surface area contributed by atoms with Crippen LogP contribution in [0.2, 0.25) is 0 Å². The van der Waals surface area contributed by atoms with Crippen molar-refractivity contribution >= 4 is 5.97 Å². The molecule has 2 aliphatic rings. The number of hydrogen-bond acceptors (Lipinski definition) is 4. The second-order valence-electron chi connectivity index (χ2n) is 5.35. The van der Waals surface area contributed by atoms with Crippen LogP contribution in [0.3, 0.4) is 0 Å². The van der Waals surface area contributed by atoms with Gasteiger partial charge in [0.1, 0.15) is 0 Å². The van der Waals surface area contributed by atoms with Crippen molar-refractivity contribution in [2.45, 2.75) is 19.3 Å². The quantitative estimate of drug-likeness (QED) is 0.746. The van der Waals surface area contributed by atoms with Gasteiger partial charge in [-0.3, -0.25) is 9.69 Å². The molecule has 2 aliphatic heterocycles. The number of aliphatic carboxylic acids is 1. The molecule has 18 heavy (non-hydrogen) atoms. The van der Waals surface area contributed by atoms with E-state index < -0.39 is 5.97 Å². The molecule has 2 saturated heterocycles. The van der Waals surface area contributed by atoms with Crippen molar-refractivity contribution < 1.29 is 14.6 Å². The van der Waals surface area contributed by atoms with Gasteiger partial charge in [-0.15, -0.1) is 0 Å². The molecule has 0 unspecified atom stereocenters. The van der Waals surface area contributed by atoms with Crippen molar-refractivity contribution in [2.75, 3.05) is 45.9 Å². The van der Waals surface area contributed by atoms with E-state index in [0.29, 0.717) is 18.3 Å². The van der Waals surface area contributed by atoms with Crippen LogP contribution in [-0.2, 0) is 9.53 Å². The Hall–Kier alpha value is -0.650. The lowest BCUT2D eigenvalue weighted by Crippen LogP contribution is -2.41. The molecule has 0 saturated carbocycles. The average molecular weight is 256 g/mol. The minimum Gasteiger partial charge on any atom is -0.481 e. The highest BCUT2D eigenvalue weighted by Gasteiger charge is 2.27. The first kappa shape index (κ1) is 13.8. The van der Waals surface area contributed by atoms with E-state index in [2.05, 4.69) is 10.2 Å². The average Bonchev–Trinajstić information content (AvgIpc) is 2.38. The summed E-state index contributed by atoms with van der Waals surface area (Å²) in [7, 11) is 0. The smallest absolute Gasteiger partial charge is 0.303 e. The number of rotatable bonds is 5. The van der Waals surface area contributed by atoms with E-state index in [1.165, 1.54) is 0 Å². The molecule has 0 aliphatic carbocycles. The molecule has 104 valence electrons. The van der Waals surface area contributed by atoms with Gasteiger partial charge in [-0.25, -0.2) is 0 Å². The van der Waals surface area contributed by atoms with Crippen LogP contribution < -0.4 is 5.32 Å². The van der Waals surface area contributed by atoms with E-state index in [-0.39, 0.29) is 0 Å². The van der Waals surface area contributed by atoms with Gasteiger partial charge in [0.25, 0.3) is 0 Å². The molecule has 0 amide bonds. The molecular formula is C13H24N2O3. The second kappa shape index (κ2) is 7.07. The van der Waals surface area contributed by atoms with Crippen LogP contribution in [0.15, 0.2) is 0 Å². The summed E-state index contributed by atoms with van der Waals surface area (Å²) in [6.07, 6.45) is 2.43. The summed E-state index contributed by atoms with van der Waals surface area (Å²) in [5, 5.41) is 12.3. The molecule has 0 radical (unpaired) electrons. The number of piperidine rings is 1. The van der Waals surface area contributed by atoms with Crippen LogP contribution in [0.4, 0.5) is 0 Å². The number of carbonyl (C=O) groups is 1. The number of carboxylic acid groups (broad SMARTS) is 1. The van der Waals surface area contributed by atoms with E-state index in [1.807, 2.05) is 0 Å². The van der Waals surface area contributed by atoms with Crippen molar-refractivity contribution in [3.63, 3.8) is 0 Å². The molecule has 2 fully saturated rings. The van der Waals surface area contributed by atoms with Gasteiger partial charge in [0.05, 0.1) is 13.2 Å². The number of carboxylic acids is 1. The zero-order valence-electron chi connectivity index (χ0n) is 10.9. The van der Waals surface area contributed by atoms with Crippen LogP contribution in [0.25, 0.3) is 0 Å². The lowest BCUT2D eigenvalue weighted by molar-refractivity contribution is -0.138. The predicted octanol–water partition coefficient (Wildman–Crippen LogP) is 0.409. The van der Waals surface area contributed by atoms with Crippen molar-refractivity contribution in [2.24, 2.45) is 11.8 Å². The van der Waals surface area contributed by atoms with Gasteiger partial charge in [0, 0.05) is 19.5 Å². The first-order chi connectivity index (χ1) is 8.75. The van der Waals surface area contributed by atoms with Gasteiger partial charge < -0.3 is 15.2 Å². The highest BCUT2D eigenvalue weighted by atomic mass is 16.5. The van der Waals surface area contributed by atoms with E-state index in [9.17, 15) is 4.79 Å². The fraction of sp³-hybridized carbons (Fsp3) is 0.923. The third-order valence-electron chi connectivity index (χ3n) is 4.12. The zero-order valence-corrected chi connectivity index (χ0v) is 10.9. The fourth-order valence-electron chi connectivity index (χ4n) is 2.98. The van der Waals surface area contributed by atoms with Gasteiger partial charge in [-0.2, -0.15) is 0 Å². The molecule has 5 heteroatoms. The summed E-state index contributed by atoms with van der Waals surface area (Å²) < 4.78 is 5.33. The third kappa shape index (κ3) is 4.23. The number of nitrogens with zero attached hydrogens (tertiary/aromatic N) is 1. The molecule has 0 aromatic rings. The number of ether oxygens (including phenoxy) is 1. The van der Waals surface area contributed by atoms with Gasteiger partial charge in [-0.05, 0) is 44.3 Å². The molecule has 2 N–H and O–H groups in total. The minimum absolute atomic E-state index is 0.329. The standard InChI is InChI=1S/C13H24N2O3/c16-13(17)9-11-1-3-14-10-12(11)2-4-15-5-7-18-8-6-15/h11-12,14H,1-10H2,(H,16,17)/t11-,12-/m0/s1. The van der Waals surface area contributed by atoms with E-state index in [4.69, 9.17) is 9.84 Å². The molecule has 2 atom stereocenters. The fourth-order valence-corrected chi connectivity index (χ4v) is 2.98. The summed E-state index contributed by atoms with van der Waals surface area (Å²) in [5.41, 5.74) is 0. The topological polar surface area (TPSA) is 61.8 Å². The third-order valence-corrected chi connectivity index (χ3v) is 4.12. The van der Waals surface area contributed by atoms with E-state index in [1.54, 1.807) is 0 Å². The maximum atomic E-state index is 10.9. The Balaban J connectivity index is 1.75. The Bertz CT molecular complexity index is 267. The Morgan fingerprint density at radius 2 is 2.11 bits per heavy atom. The summed E-state index contributed by atoms with van der Waals surface area (Å²) >= 11 is 0. The Morgan fingerprint density at radius 3 is 2.83 bits per heavy atom. The summed E-state index contributed by atoms with van der Waals surface area (Å²) in [4.78, 5) is 13.3. The molecule has 0 aromatic carbocycles. The highest BCUT2D eigenvalue weighted by molar-refractivity contribution is 5.67. The molecule has 0 spiro atoms. The van der Waals surface area contributed by atoms with Gasteiger partial charge in [-0.1, -0.05) is 0 Å². The number of hydrogen-bond donors (Lipinski definition) is 2. The maximum absolute atomic E-state index is 10.9. The first-order valence-corrected chi connectivity index (χ1v) is 6.98. The maximum Gasteiger partial charge on any atom is 0.303 e. The van der Waals surface area contributed by atoms with Crippen molar-refractivity contribution in [1.82, 2.24) is 10.2 Å². The summed E-state index contributed by atoms with van der Waals surface area (Å²) in [5.74, 6) is 0.209. The van der Waals surface area contributed by atoms with Gasteiger partial charge in [0.15, 0.2) is 0 Å². The zero-order chi connectivity index (χ0) is 12.8.